The van der Waals surface area contributed by atoms with Gasteiger partial charge in [0.25, 0.3) is 6.43 Å². The van der Waals surface area contributed by atoms with Crippen LogP contribution in [0.15, 0.2) is 42.5 Å². The van der Waals surface area contributed by atoms with Gasteiger partial charge < -0.3 is 15.2 Å². The third-order valence-corrected chi connectivity index (χ3v) is 5.25. The van der Waals surface area contributed by atoms with Gasteiger partial charge in [-0.3, -0.25) is 0 Å². The normalized spacial score (nSPS) is 18.9. The number of fused-ring (bicyclic) bond motifs is 1. The van der Waals surface area contributed by atoms with E-state index in [1.807, 2.05) is 24.3 Å². The number of anilines is 1. The Bertz CT molecular complexity index is 1040. The molecule has 2 N–H and O–H groups in total. The van der Waals surface area contributed by atoms with Crippen LogP contribution in [0.4, 0.5) is 14.6 Å². The molecule has 1 aromatic heterocycles. The zero-order chi connectivity index (χ0) is 20.6. The lowest BCUT2D eigenvalue weighted by atomic mass is 9.94. The first-order chi connectivity index (χ1) is 13.8. The van der Waals surface area contributed by atoms with Gasteiger partial charge in [0.2, 0.25) is 0 Å². The lowest BCUT2D eigenvalue weighted by Gasteiger charge is -2.36. The van der Waals surface area contributed by atoms with E-state index in [1.165, 1.54) is 18.2 Å². The number of aromatic hydroxyl groups is 1. The molecular weight excluding hydrogens is 376 g/mol. The molecule has 1 aliphatic rings. The summed E-state index contributed by atoms with van der Waals surface area (Å²) in [7, 11) is 0. The van der Waals surface area contributed by atoms with Crippen LogP contribution in [0.3, 0.4) is 0 Å². The van der Waals surface area contributed by atoms with E-state index < -0.39 is 6.43 Å². The molecule has 3 aromatic rings. The van der Waals surface area contributed by atoms with Gasteiger partial charge in [0.1, 0.15) is 11.4 Å². The molecule has 0 spiro atoms. The number of rotatable bonds is 4. The highest BCUT2D eigenvalue weighted by Gasteiger charge is 2.29. The molecule has 5 nitrogen and oxygen atoms in total. The van der Waals surface area contributed by atoms with Gasteiger partial charge in [-0.1, -0.05) is 24.3 Å². The SMILES string of the molecule is CC1(C)CC(Nc2nnc(-c3cc(C(F)F)ccc3O)c3ccccc23)CCO1. The molecule has 0 bridgehead atoms. The van der Waals surface area contributed by atoms with Crippen molar-refractivity contribution in [1.82, 2.24) is 10.2 Å². The average molecular weight is 399 g/mol. The first-order valence-electron chi connectivity index (χ1n) is 9.61. The summed E-state index contributed by atoms with van der Waals surface area (Å²) in [5.41, 5.74) is 0.236. The maximum absolute atomic E-state index is 13.2. The largest absolute Gasteiger partial charge is 0.507 e. The van der Waals surface area contributed by atoms with E-state index in [4.69, 9.17) is 4.74 Å². The second-order valence-corrected chi connectivity index (χ2v) is 7.96. The molecule has 1 saturated heterocycles. The number of halogens is 2. The predicted molar refractivity (Wildman–Crippen MR) is 108 cm³/mol. The predicted octanol–water partition coefficient (Wildman–Crippen LogP) is 5.31. The molecule has 1 unspecified atom stereocenters. The number of phenols is 1. The zero-order valence-electron chi connectivity index (χ0n) is 16.3. The second kappa shape index (κ2) is 7.55. The van der Waals surface area contributed by atoms with E-state index in [0.29, 0.717) is 18.1 Å². The molecule has 0 amide bonds. The van der Waals surface area contributed by atoms with Gasteiger partial charge in [-0.25, -0.2) is 8.78 Å². The second-order valence-electron chi connectivity index (χ2n) is 7.96. The third-order valence-electron chi connectivity index (χ3n) is 5.25. The summed E-state index contributed by atoms with van der Waals surface area (Å²) in [6.07, 6.45) is -0.938. The van der Waals surface area contributed by atoms with E-state index in [1.54, 1.807) is 0 Å². The number of aromatic nitrogens is 2. The summed E-state index contributed by atoms with van der Waals surface area (Å²) in [5.74, 6) is 0.525. The average Bonchev–Trinajstić information content (AvgIpc) is 2.68. The van der Waals surface area contributed by atoms with Gasteiger partial charge in [0.05, 0.1) is 5.60 Å². The van der Waals surface area contributed by atoms with Gasteiger partial charge in [-0.05, 0) is 44.9 Å². The molecular formula is C22H23F2N3O2. The van der Waals surface area contributed by atoms with Crippen LogP contribution in [0, 0.1) is 0 Å². The molecule has 4 rings (SSSR count). The fourth-order valence-corrected chi connectivity index (χ4v) is 3.84. The Labute approximate surface area is 167 Å². The third kappa shape index (κ3) is 4.00. The van der Waals surface area contributed by atoms with Crippen LogP contribution in [0.25, 0.3) is 22.0 Å². The molecule has 0 aliphatic carbocycles. The van der Waals surface area contributed by atoms with Gasteiger partial charge in [0.15, 0.2) is 5.82 Å². The van der Waals surface area contributed by atoms with Crippen molar-refractivity contribution in [3.8, 4) is 17.0 Å². The number of hydrogen-bond acceptors (Lipinski definition) is 5. The van der Waals surface area contributed by atoms with Crippen LogP contribution < -0.4 is 5.32 Å². The van der Waals surface area contributed by atoms with Crippen molar-refractivity contribution in [1.29, 1.82) is 0 Å². The highest BCUT2D eigenvalue weighted by molar-refractivity contribution is 6.00. The Morgan fingerprint density at radius 1 is 1.14 bits per heavy atom. The summed E-state index contributed by atoms with van der Waals surface area (Å²) in [6, 6.07) is 11.4. The van der Waals surface area contributed by atoms with Crippen molar-refractivity contribution in [2.75, 3.05) is 11.9 Å². The van der Waals surface area contributed by atoms with Crippen LogP contribution in [0.5, 0.6) is 5.75 Å². The van der Waals surface area contributed by atoms with Crippen molar-refractivity contribution in [2.24, 2.45) is 0 Å². The van der Waals surface area contributed by atoms with E-state index >= 15 is 0 Å². The monoisotopic (exact) mass is 399 g/mol. The first-order valence-corrected chi connectivity index (χ1v) is 9.61. The summed E-state index contributed by atoms with van der Waals surface area (Å²) in [4.78, 5) is 0. The number of phenolic OH excluding ortho intramolecular Hbond substituents is 1. The minimum atomic E-state index is -2.63. The van der Waals surface area contributed by atoms with Gasteiger partial charge >= 0.3 is 0 Å². The van der Waals surface area contributed by atoms with Crippen LogP contribution in [-0.4, -0.2) is 33.6 Å². The van der Waals surface area contributed by atoms with E-state index in [0.717, 1.165) is 23.6 Å². The Hall–Kier alpha value is -2.80. The fraction of sp³-hybridized carbons (Fsp3) is 0.364. The lowest BCUT2D eigenvalue weighted by molar-refractivity contribution is -0.0553. The highest BCUT2D eigenvalue weighted by Crippen LogP contribution is 2.37. The minimum Gasteiger partial charge on any atom is -0.507 e. The topological polar surface area (TPSA) is 67.3 Å². The lowest BCUT2D eigenvalue weighted by Crippen LogP contribution is -2.40. The fourth-order valence-electron chi connectivity index (χ4n) is 3.84. The molecule has 0 radical (unpaired) electrons. The molecule has 2 heterocycles. The number of alkyl halides is 2. The number of ether oxygens (including phenoxy) is 1. The van der Waals surface area contributed by atoms with Crippen molar-refractivity contribution in [3.05, 3.63) is 48.0 Å². The van der Waals surface area contributed by atoms with Gasteiger partial charge in [-0.2, -0.15) is 0 Å². The van der Waals surface area contributed by atoms with Crippen LogP contribution in [0.1, 0.15) is 38.7 Å². The zero-order valence-corrected chi connectivity index (χ0v) is 16.3. The van der Waals surface area contributed by atoms with Crippen LogP contribution in [0.2, 0.25) is 0 Å². The smallest absolute Gasteiger partial charge is 0.263 e. The van der Waals surface area contributed by atoms with Crippen LogP contribution >= 0.6 is 0 Å². The maximum atomic E-state index is 13.2. The summed E-state index contributed by atoms with van der Waals surface area (Å²) >= 11 is 0. The standard InChI is InChI=1S/C22H23F2N3O2/c1-22(2)12-14(9-10-29-22)25-21-16-6-4-3-5-15(16)19(26-27-21)17-11-13(20(23)24)7-8-18(17)28/h3-8,11,14,20,28H,9-10,12H2,1-2H3,(H,25,27). The Morgan fingerprint density at radius 3 is 2.62 bits per heavy atom. The summed E-state index contributed by atoms with van der Waals surface area (Å²) < 4.78 is 32.1. The number of hydrogen-bond donors (Lipinski definition) is 2. The Morgan fingerprint density at radius 2 is 1.90 bits per heavy atom. The van der Waals surface area contributed by atoms with Crippen molar-refractivity contribution in [2.45, 2.75) is 44.8 Å². The van der Waals surface area contributed by atoms with Crippen molar-refractivity contribution in [3.63, 3.8) is 0 Å². The molecule has 29 heavy (non-hydrogen) atoms. The van der Waals surface area contributed by atoms with E-state index in [2.05, 4.69) is 29.4 Å². The highest BCUT2D eigenvalue weighted by atomic mass is 19.3. The molecule has 152 valence electrons. The molecule has 0 saturated carbocycles. The van der Waals surface area contributed by atoms with Crippen molar-refractivity contribution < 1.29 is 18.6 Å². The number of benzene rings is 2. The molecule has 1 aliphatic heterocycles. The minimum absolute atomic E-state index is 0.110. The van der Waals surface area contributed by atoms with Gasteiger partial charge in [0, 0.05) is 34.5 Å². The molecule has 7 heteroatoms. The summed E-state index contributed by atoms with van der Waals surface area (Å²) in [5, 5.41) is 23.9. The first kappa shape index (κ1) is 19.5. The number of nitrogens with zero attached hydrogens (tertiary/aromatic N) is 2. The van der Waals surface area contributed by atoms with Crippen LogP contribution in [-0.2, 0) is 4.74 Å². The Balaban J connectivity index is 1.76. The molecule has 2 aromatic carbocycles. The number of nitrogens with one attached hydrogen (secondary N) is 1. The van der Waals surface area contributed by atoms with E-state index in [-0.39, 0.29) is 28.5 Å². The van der Waals surface area contributed by atoms with Gasteiger partial charge in [-0.15, -0.1) is 10.2 Å². The molecule has 1 atom stereocenters. The van der Waals surface area contributed by atoms with Crippen molar-refractivity contribution >= 4 is 16.6 Å². The summed E-state index contributed by atoms with van der Waals surface area (Å²) in [6.45, 7) is 4.79. The molecule has 1 fully saturated rings. The maximum Gasteiger partial charge on any atom is 0.263 e. The Kier molecular flexibility index (Phi) is 5.08. The van der Waals surface area contributed by atoms with E-state index in [9.17, 15) is 13.9 Å². The quantitative estimate of drug-likeness (QED) is 0.622.